The van der Waals surface area contributed by atoms with Gasteiger partial charge in [0.15, 0.2) is 6.17 Å². The smallest absolute Gasteiger partial charge is 0.416 e. The van der Waals surface area contributed by atoms with Crippen LogP contribution in [0.15, 0.2) is 58.5 Å². The molecule has 0 radical (unpaired) electrons. The van der Waals surface area contributed by atoms with Crippen molar-refractivity contribution in [3.63, 3.8) is 0 Å². The van der Waals surface area contributed by atoms with Gasteiger partial charge in [0, 0.05) is 11.1 Å². The molecule has 1 atom stereocenters. The third-order valence-electron chi connectivity index (χ3n) is 4.39. The molecule has 0 aromatic heterocycles. The van der Waals surface area contributed by atoms with E-state index < -0.39 is 23.9 Å². The number of aryl methyl sites for hydroxylation is 1. The monoisotopic (exact) mass is 404 g/mol. The van der Waals surface area contributed by atoms with Crippen molar-refractivity contribution in [2.45, 2.75) is 32.1 Å². The van der Waals surface area contributed by atoms with E-state index in [1.54, 1.807) is 19.1 Å². The molecule has 152 valence electrons. The van der Waals surface area contributed by atoms with Gasteiger partial charge in [-0.3, -0.25) is 9.98 Å². The Balaban J connectivity index is 1.75. The molecule has 3 rings (SSSR count). The fourth-order valence-electron chi connectivity index (χ4n) is 2.87. The lowest BCUT2D eigenvalue weighted by atomic mass is 10.0. The van der Waals surface area contributed by atoms with Gasteiger partial charge in [-0.25, -0.2) is 4.79 Å². The SMILES string of the molecule is C=C(C)C(=O)OCCCc1ccc(O)c(C2N=c3ccc(C(F)(F)F)cc3=N2)c1. The molecule has 1 heterocycles. The third kappa shape index (κ3) is 4.82. The molecule has 1 aliphatic rings. The van der Waals surface area contributed by atoms with E-state index in [0.717, 1.165) is 17.7 Å². The fraction of sp³-hybridized carbons (Fsp3) is 0.286. The van der Waals surface area contributed by atoms with E-state index in [2.05, 4.69) is 16.6 Å². The molecule has 2 aromatic rings. The standard InChI is InChI=1S/C21H19F3N2O3/c1-12(2)20(28)29-9-3-4-13-5-8-18(27)15(10-13)19-25-16-7-6-14(21(22,23)24)11-17(16)26-19/h5-8,10-11,19,27H,1,3-4,9H2,2H3. The van der Waals surface area contributed by atoms with Gasteiger partial charge in [-0.05, 0) is 55.7 Å². The Morgan fingerprint density at radius 1 is 1.17 bits per heavy atom. The van der Waals surface area contributed by atoms with Gasteiger partial charge < -0.3 is 9.84 Å². The van der Waals surface area contributed by atoms with E-state index in [4.69, 9.17) is 4.74 Å². The number of aromatic hydroxyl groups is 1. The summed E-state index contributed by atoms with van der Waals surface area (Å²) in [6.07, 6.45) is -4.13. The van der Waals surface area contributed by atoms with Crippen LogP contribution in [0.1, 0.15) is 36.2 Å². The van der Waals surface area contributed by atoms with Gasteiger partial charge in [0.25, 0.3) is 0 Å². The van der Waals surface area contributed by atoms with Gasteiger partial charge in [0.2, 0.25) is 0 Å². The Bertz CT molecular complexity index is 1080. The second-order valence-corrected chi connectivity index (χ2v) is 6.75. The van der Waals surface area contributed by atoms with Gasteiger partial charge in [-0.1, -0.05) is 12.6 Å². The minimum absolute atomic E-state index is 0.0381. The summed E-state index contributed by atoms with van der Waals surface area (Å²) in [5, 5.41) is 10.7. The lowest BCUT2D eigenvalue weighted by molar-refractivity contribution is -0.139. The number of halogens is 3. The molecule has 0 saturated carbocycles. The largest absolute Gasteiger partial charge is 0.508 e. The Hall–Kier alpha value is -3.16. The van der Waals surface area contributed by atoms with Gasteiger partial charge >= 0.3 is 12.1 Å². The molecule has 5 nitrogen and oxygen atoms in total. The van der Waals surface area contributed by atoms with Crippen LogP contribution in [-0.2, 0) is 22.1 Å². The molecule has 0 amide bonds. The average Bonchev–Trinajstić information content (AvgIpc) is 3.08. The first-order chi connectivity index (χ1) is 13.6. The quantitative estimate of drug-likeness (QED) is 0.456. The van der Waals surface area contributed by atoms with Crippen molar-refractivity contribution in [1.29, 1.82) is 0 Å². The van der Waals surface area contributed by atoms with Crippen molar-refractivity contribution in [1.82, 2.24) is 0 Å². The lowest BCUT2D eigenvalue weighted by Crippen LogP contribution is -2.23. The van der Waals surface area contributed by atoms with E-state index in [-0.39, 0.29) is 17.7 Å². The van der Waals surface area contributed by atoms with Crippen molar-refractivity contribution in [2.75, 3.05) is 6.61 Å². The normalized spacial score (nSPS) is 15.2. The number of nitrogens with zero attached hydrogens (tertiary/aromatic N) is 2. The van der Waals surface area contributed by atoms with Crippen LogP contribution < -0.4 is 10.7 Å². The second kappa shape index (κ2) is 8.06. The Labute approximate surface area is 164 Å². The first kappa shape index (κ1) is 20.6. The minimum atomic E-state index is -4.46. The molecule has 1 unspecified atom stereocenters. The lowest BCUT2D eigenvalue weighted by Gasteiger charge is -2.10. The van der Waals surface area contributed by atoms with Crippen molar-refractivity contribution in [2.24, 2.45) is 9.98 Å². The zero-order valence-electron chi connectivity index (χ0n) is 15.7. The van der Waals surface area contributed by atoms with Crippen LogP contribution in [0.5, 0.6) is 5.75 Å². The molecular weight excluding hydrogens is 385 g/mol. The number of esters is 1. The van der Waals surface area contributed by atoms with Gasteiger partial charge in [-0.15, -0.1) is 0 Å². The molecule has 1 N–H and O–H groups in total. The molecule has 8 heteroatoms. The van der Waals surface area contributed by atoms with E-state index in [1.165, 1.54) is 12.1 Å². The highest BCUT2D eigenvalue weighted by Crippen LogP contribution is 2.31. The molecule has 0 saturated heterocycles. The first-order valence-electron chi connectivity index (χ1n) is 8.92. The summed E-state index contributed by atoms with van der Waals surface area (Å²) >= 11 is 0. The third-order valence-corrected chi connectivity index (χ3v) is 4.39. The molecule has 0 fully saturated rings. The number of alkyl halides is 3. The number of hydrogen-bond donors (Lipinski definition) is 1. The van der Waals surface area contributed by atoms with E-state index in [1.807, 2.05) is 0 Å². The van der Waals surface area contributed by atoms with Crippen molar-refractivity contribution < 1.29 is 27.8 Å². The summed E-state index contributed by atoms with van der Waals surface area (Å²) in [4.78, 5) is 19.9. The average molecular weight is 404 g/mol. The van der Waals surface area contributed by atoms with Gasteiger partial charge in [0.1, 0.15) is 5.75 Å². The van der Waals surface area contributed by atoms with Crippen LogP contribution in [0.4, 0.5) is 13.2 Å². The van der Waals surface area contributed by atoms with Crippen LogP contribution >= 0.6 is 0 Å². The number of phenols is 1. The molecule has 29 heavy (non-hydrogen) atoms. The zero-order chi connectivity index (χ0) is 21.2. The number of ether oxygens (including phenoxy) is 1. The fourth-order valence-corrected chi connectivity index (χ4v) is 2.87. The second-order valence-electron chi connectivity index (χ2n) is 6.75. The number of hydrogen-bond acceptors (Lipinski definition) is 5. The van der Waals surface area contributed by atoms with Gasteiger partial charge in [0.05, 0.1) is 22.9 Å². The maximum atomic E-state index is 12.9. The predicted molar refractivity (Wildman–Crippen MR) is 98.7 cm³/mol. The number of carbonyl (C=O) groups is 1. The highest BCUT2D eigenvalue weighted by atomic mass is 19.4. The van der Waals surface area contributed by atoms with Crippen LogP contribution in [0.2, 0.25) is 0 Å². The maximum absolute atomic E-state index is 12.9. The predicted octanol–water partition coefficient (Wildman–Crippen LogP) is 3.41. The number of fused-ring (bicyclic) bond motifs is 1. The van der Waals surface area contributed by atoms with Crippen molar-refractivity contribution in [3.05, 3.63) is 76.0 Å². The summed E-state index contributed by atoms with van der Waals surface area (Å²) in [7, 11) is 0. The molecule has 0 aliphatic carbocycles. The first-order valence-corrected chi connectivity index (χ1v) is 8.92. The summed E-state index contributed by atoms with van der Waals surface area (Å²) in [6, 6.07) is 8.13. The Morgan fingerprint density at radius 2 is 1.90 bits per heavy atom. The summed E-state index contributed by atoms with van der Waals surface area (Å²) in [5.74, 6) is -0.486. The highest BCUT2D eigenvalue weighted by molar-refractivity contribution is 5.86. The maximum Gasteiger partial charge on any atom is 0.416 e. The zero-order valence-corrected chi connectivity index (χ0v) is 15.7. The summed E-state index contributed by atoms with van der Waals surface area (Å²) in [5.41, 5.74) is 0.806. The van der Waals surface area contributed by atoms with E-state index in [9.17, 15) is 23.1 Å². The van der Waals surface area contributed by atoms with Crippen LogP contribution in [-0.4, -0.2) is 17.7 Å². The number of phenolic OH excluding ortho intramolecular Hbond substituents is 1. The number of rotatable bonds is 6. The topological polar surface area (TPSA) is 71.2 Å². The summed E-state index contributed by atoms with van der Waals surface area (Å²) < 4.78 is 43.7. The van der Waals surface area contributed by atoms with Crippen LogP contribution in [0.25, 0.3) is 0 Å². The van der Waals surface area contributed by atoms with Gasteiger partial charge in [-0.2, -0.15) is 13.2 Å². The summed E-state index contributed by atoms with van der Waals surface area (Å²) in [6.45, 7) is 5.30. The molecule has 1 aliphatic heterocycles. The number of carbonyl (C=O) groups excluding carboxylic acids is 1. The Morgan fingerprint density at radius 3 is 2.59 bits per heavy atom. The Kier molecular flexibility index (Phi) is 5.72. The van der Waals surface area contributed by atoms with E-state index >= 15 is 0 Å². The van der Waals surface area contributed by atoms with Crippen molar-refractivity contribution >= 4 is 5.97 Å². The molecule has 0 spiro atoms. The highest BCUT2D eigenvalue weighted by Gasteiger charge is 2.31. The minimum Gasteiger partial charge on any atom is -0.508 e. The van der Waals surface area contributed by atoms with Crippen LogP contribution in [0.3, 0.4) is 0 Å². The van der Waals surface area contributed by atoms with Crippen molar-refractivity contribution in [3.8, 4) is 5.75 Å². The number of benzene rings is 2. The van der Waals surface area contributed by atoms with Crippen LogP contribution in [0, 0.1) is 0 Å². The molecular formula is C21H19F3N2O3. The molecule has 0 bridgehead atoms. The molecule has 2 aromatic carbocycles. The van der Waals surface area contributed by atoms with E-state index in [0.29, 0.717) is 29.3 Å².